The molecule has 2 amide bonds. The number of aliphatic hydroxyl groups is 4. The first-order chi connectivity index (χ1) is 26.6. The predicted molar refractivity (Wildman–Crippen MR) is 187 cm³/mol. The molecule has 2 aliphatic heterocycles. The Hall–Kier alpha value is -4.58. The number of carbonyl (C=O) groups excluding carboxylic acids is 2. The Morgan fingerprint density at radius 1 is 0.709 bits per heavy atom. The summed E-state index contributed by atoms with van der Waals surface area (Å²) in [7, 11) is 0. The second-order valence-electron chi connectivity index (χ2n) is 13.3. The number of nitrogens with one attached hydrogen (secondary N) is 4. The fourth-order valence-corrected chi connectivity index (χ4v) is 6.18. The number of nitrogens with zero attached hydrogens (tertiary/aromatic N) is 6. The maximum Gasteiger partial charge on any atom is 0.255 e. The highest BCUT2D eigenvalue weighted by Gasteiger charge is 2.38. The molecule has 55 heavy (non-hydrogen) atoms. The number of aromatic nitrogens is 6. The Kier molecular flexibility index (Phi) is 13.7. The first-order valence-corrected chi connectivity index (χ1v) is 18.0. The number of furan rings is 2. The molecular weight excluding hydrogens is 724 g/mol. The number of ether oxygens (including phenoxy) is 3. The van der Waals surface area contributed by atoms with E-state index in [1.165, 1.54) is 0 Å². The Morgan fingerprint density at radius 3 is 1.49 bits per heavy atom. The van der Waals surface area contributed by atoms with Crippen LogP contribution in [0.4, 0.5) is 0 Å². The summed E-state index contributed by atoms with van der Waals surface area (Å²) in [6.07, 6.45) is -0.392. The maximum atomic E-state index is 12.7. The van der Waals surface area contributed by atoms with Gasteiger partial charge in [0.2, 0.25) is 0 Å². The van der Waals surface area contributed by atoms with E-state index in [1.54, 1.807) is 47.7 Å². The number of rotatable bonds is 20. The minimum absolute atomic E-state index is 0.160. The molecule has 2 saturated heterocycles. The van der Waals surface area contributed by atoms with Crippen LogP contribution in [0.25, 0.3) is 0 Å². The van der Waals surface area contributed by atoms with E-state index in [2.05, 4.69) is 41.9 Å². The van der Waals surface area contributed by atoms with Crippen molar-refractivity contribution >= 4 is 11.8 Å². The monoisotopic (exact) mass is 772 g/mol. The van der Waals surface area contributed by atoms with E-state index < -0.39 is 36.5 Å². The Bertz CT molecular complexity index is 1730. The molecule has 0 aromatic carbocycles. The van der Waals surface area contributed by atoms with Gasteiger partial charge in [-0.25, -0.2) is 9.36 Å². The van der Waals surface area contributed by atoms with Crippen molar-refractivity contribution in [3.63, 3.8) is 0 Å². The summed E-state index contributed by atoms with van der Waals surface area (Å²) in [6.45, 7) is 7.40. The zero-order valence-corrected chi connectivity index (χ0v) is 30.6. The van der Waals surface area contributed by atoms with Gasteiger partial charge in [0, 0.05) is 13.1 Å². The van der Waals surface area contributed by atoms with E-state index in [0.717, 1.165) is 0 Å². The minimum atomic E-state index is -1.02. The van der Waals surface area contributed by atoms with Crippen LogP contribution in [0.3, 0.4) is 0 Å². The average Bonchev–Trinajstić information content (AvgIpc) is 4.04. The fourth-order valence-electron chi connectivity index (χ4n) is 6.18. The van der Waals surface area contributed by atoms with E-state index in [1.807, 2.05) is 0 Å². The van der Waals surface area contributed by atoms with Gasteiger partial charge >= 0.3 is 0 Å². The zero-order chi connectivity index (χ0) is 38.9. The number of amides is 2. The van der Waals surface area contributed by atoms with E-state index in [0.29, 0.717) is 98.3 Å². The third-order valence-electron chi connectivity index (χ3n) is 9.25. The summed E-state index contributed by atoms with van der Waals surface area (Å²) < 4.78 is 31.4. The summed E-state index contributed by atoms with van der Waals surface area (Å²) >= 11 is 0. The Balaban J connectivity index is 0.772. The lowest BCUT2D eigenvalue weighted by molar-refractivity contribution is 0.0110. The molecule has 6 heterocycles. The molecular formula is C34H48N10O11. The summed E-state index contributed by atoms with van der Waals surface area (Å²) in [6, 6.07) is 1.96. The van der Waals surface area contributed by atoms with Gasteiger partial charge in [0.25, 0.3) is 11.8 Å². The van der Waals surface area contributed by atoms with Crippen LogP contribution in [-0.2, 0) is 40.4 Å². The second-order valence-corrected chi connectivity index (χ2v) is 13.3. The predicted octanol–water partition coefficient (Wildman–Crippen LogP) is -1.99. The molecule has 0 bridgehead atoms. The molecule has 21 nitrogen and oxygen atoms in total. The molecule has 0 saturated carbocycles. The molecule has 2 aliphatic rings. The quantitative estimate of drug-likeness (QED) is 0.0452. The number of aryl methyl sites for hydroxylation is 2. The van der Waals surface area contributed by atoms with Crippen molar-refractivity contribution in [1.82, 2.24) is 51.3 Å². The van der Waals surface area contributed by atoms with Crippen molar-refractivity contribution < 1.29 is 53.1 Å². The molecule has 4 aromatic heterocycles. The topological polar surface area (TPSA) is 279 Å². The second kappa shape index (κ2) is 18.8. The highest BCUT2D eigenvalue weighted by molar-refractivity contribution is 5.95. The highest BCUT2D eigenvalue weighted by Crippen LogP contribution is 2.29. The molecule has 300 valence electrons. The third-order valence-corrected chi connectivity index (χ3v) is 9.25. The number of hydrogen-bond donors (Lipinski definition) is 8. The normalized spacial score (nSPS) is 22.4. The van der Waals surface area contributed by atoms with Gasteiger partial charge in [-0.3, -0.25) is 9.59 Å². The summed E-state index contributed by atoms with van der Waals surface area (Å²) in [5.74, 6) is 0.873. The standard InChI is InChI=1S/C34H48N10O11/c1-19-23(11-27(54-19)29-31(47)25(45)15-35-29)33(49)37-13-21-17-43(41-39-21)3-5-51-7-9-53-10-8-52-6-4-44-18-22(40-42-44)14-38-34(50)24-12-28(55-20(24)2)30-32(48)26(46)16-36-30/h11-12,17-18,25-26,29-32,35-36,45-48H,3-10,13-16H2,1-2H3,(H,37,49)(H,38,50)/t25-,26-,29-,30-,31-,32-/m1/s1. The average molecular weight is 773 g/mol. The smallest absolute Gasteiger partial charge is 0.255 e. The molecule has 0 aliphatic carbocycles. The molecule has 21 heteroatoms. The van der Waals surface area contributed by atoms with Gasteiger partial charge in [-0.1, -0.05) is 10.4 Å². The largest absolute Gasteiger partial charge is 0.464 e. The van der Waals surface area contributed by atoms with Crippen molar-refractivity contribution in [1.29, 1.82) is 0 Å². The molecule has 0 spiro atoms. The fraction of sp³-hybridized carbons (Fsp3) is 0.588. The van der Waals surface area contributed by atoms with Crippen LogP contribution < -0.4 is 21.3 Å². The lowest BCUT2D eigenvalue weighted by Gasteiger charge is -2.12. The summed E-state index contributed by atoms with van der Waals surface area (Å²) in [5.41, 5.74) is 1.81. The van der Waals surface area contributed by atoms with Crippen LogP contribution in [0.5, 0.6) is 0 Å². The highest BCUT2D eigenvalue weighted by atomic mass is 16.5. The first-order valence-electron chi connectivity index (χ1n) is 18.0. The zero-order valence-electron chi connectivity index (χ0n) is 30.6. The van der Waals surface area contributed by atoms with Crippen molar-refractivity contribution in [3.8, 4) is 0 Å². The van der Waals surface area contributed by atoms with E-state index in [-0.39, 0.29) is 38.0 Å². The van der Waals surface area contributed by atoms with Gasteiger partial charge in [-0.05, 0) is 26.0 Å². The Morgan fingerprint density at radius 2 is 1.11 bits per heavy atom. The van der Waals surface area contributed by atoms with E-state index >= 15 is 0 Å². The van der Waals surface area contributed by atoms with Crippen LogP contribution in [0, 0.1) is 13.8 Å². The summed E-state index contributed by atoms with van der Waals surface area (Å²) in [5, 5.41) is 67.7. The van der Waals surface area contributed by atoms with Gasteiger partial charge in [0.15, 0.2) is 0 Å². The van der Waals surface area contributed by atoms with Gasteiger partial charge < -0.3 is 64.7 Å². The summed E-state index contributed by atoms with van der Waals surface area (Å²) in [4.78, 5) is 25.5. The van der Waals surface area contributed by atoms with Crippen molar-refractivity contribution in [2.24, 2.45) is 0 Å². The van der Waals surface area contributed by atoms with Crippen LogP contribution in [-0.4, -0.2) is 139 Å². The van der Waals surface area contributed by atoms with Gasteiger partial charge in [-0.2, -0.15) is 0 Å². The lowest BCUT2D eigenvalue weighted by atomic mass is 10.1. The number of hydrogen-bond acceptors (Lipinski definition) is 17. The van der Waals surface area contributed by atoms with Crippen LogP contribution in [0.2, 0.25) is 0 Å². The van der Waals surface area contributed by atoms with Crippen molar-refractivity contribution in [3.05, 3.63) is 70.1 Å². The lowest BCUT2D eigenvalue weighted by Crippen LogP contribution is -2.25. The number of β-amino-alcohol motifs (C(OH)–C–C–N with tert-alkyl or cyclic N) is 2. The molecule has 0 unspecified atom stereocenters. The molecule has 6 rings (SSSR count). The number of aliphatic hydroxyl groups excluding tert-OH is 4. The first kappa shape index (κ1) is 40.1. The molecule has 6 atom stereocenters. The third kappa shape index (κ3) is 10.4. The van der Waals surface area contributed by atoms with Crippen molar-refractivity contribution in [2.75, 3.05) is 52.7 Å². The molecule has 0 radical (unpaired) electrons. The molecule has 4 aromatic rings. The molecule has 2 fully saturated rings. The van der Waals surface area contributed by atoms with E-state index in [4.69, 9.17) is 23.0 Å². The van der Waals surface area contributed by atoms with Gasteiger partial charge in [0.05, 0.1) is 114 Å². The van der Waals surface area contributed by atoms with Crippen molar-refractivity contribution in [2.45, 2.75) is 76.5 Å². The number of carbonyl (C=O) groups is 2. The Labute approximate surface area is 315 Å². The van der Waals surface area contributed by atoms with Crippen LogP contribution >= 0.6 is 0 Å². The SMILES string of the molecule is Cc1oc([C@H]2NC[C@@H](O)[C@H]2O)cc1C(=O)NCc1cn(CCOCCOCCOCCn2cc(CNC(=O)c3cc([C@H]4NC[C@@H](O)[C@H]4O)oc3C)nn2)nn1. The molecule has 8 N–H and O–H groups in total. The van der Waals surface area contributed by atoms with Crippen LogP contribution in [0.1, 0.15) is 67.2 Å². The van der Waals surface area contributed by atoms with Crippen LogP contribution in [0.15, 0.2) is 33.4 Å². The van der Waals surface area contributed by atoms with E-state index in [9.17, 15) is 30.0 Å². The van der Waals surface area contributed by atoms with Gasteiger partial charge in [0.1, 0.15) is 46.6 Å². The van der Waals surface area contributed by atoms with Gasteiger partial charge in [-0.15, -0.1) is 10.2 Å². The maximum absolute atomic E-state index is 12.7. The minimum Gasteiger partial charge on any atom is -0.464 e.